The number of carbonyl (C=O) groups is 1. The van der Waals surface area contributed by atoms with E-state index in [0.717, 1.165) is 11.4 Å². The number of imidazole rings is 1. The van der Waals surface area contributed by atoms with Gasteiger partial charge in [-0.1, -0.05) is 18.2 Å². The second-order valence-corrected chi connectivity index (χ2v) is 5.11. The monoisotopic (exact) mass is 310 g/mol. The lowest BCUT2D eigenvalue weighted by Gasteiger charge is -2.15. The first kappa shape index (κ1) is 15.0. The van der Waals surface area contributed by atoms with Crippen molar-refractivity contribution in [3.63, 3.8) is 0 Å². The number of hydrogen-bond donors (Lipinski definition) is 2. The summed E-state index contributed by atoms with van der Waals surface area (Å²) >= 11 is 0. The largest absolute Gasteiger partial charge is 0.345 e. The van der Waals surface area contributed by atoms with Gasteiger partial charge >= 0.3 is 0 Å². The number of aromatic nitrogens is 5. The molecule has 1 atom stereocenters. The molecule has 0 bridgehead atoms. The third-order valence-electron chi connectivity index (χ3n) is 3.60. The molecule has 23 heavy (non-hydrogen) atoms. The van der Waals surface area contributed by atoms with E-state index in [2.05, 4.69) is 25.4 Å². The third-order valence-corrected chi connectivity index (χ3v) is 3.60. The van der Waals surface area contributed by atoms with Gasteiger partial charge in [-0.25, -0.2) is 14.6 Å². The van der Waals surface area contributed by atoms with Gasteiger partial charge in [0.15, 0.2) is 0 Å². The number of benzene rings is 1. The van der Waals surface area contributed by atoms with Crippen LogP contribution in [0.1, 0.15) is 36.1 Å². The highest BCUT2D eigenvalue weighted by Crippen LogP contribution is 2.20. The van der Waals surface area contributed by atoms with Gasteiger partial charge in [0.1, 0.15) is 18.0 Å². The molecule has 2 aromatic heterocycles. The Morgan fingerprint density at radius 1 is 1.35 bits per heavy atom. The van der Waals surface area contributed by atoms with Crippen LogP contribution in [0.4, 0.5) is 0 Å². The van der Waals surface area contributed by atoms with E-state index in [1.54, 1.807) is 23.1 Å². The van der Waals surface area contributed by atoms with Gasteiger partial charge in [-0.2, -0.15) is 5.10 Å². The molecular weight excluding hydrogens is 292 g/mol. The van der Waals surface area contributed by atoms with Crippen LogP contribution in [-0.2, 0) is 6.54 Å². The van der Waals surface area contributed by atoms with Crippen molar-refractivity contribution >= 4 is 5.91 Å². The average Bonchev–Trinajstić information content (AvgIpc) is 3.25. The molecule has 0 unspecified atom stereocenters. The maximum atomic E-state index is 12.7. The summed E-state index contributed by atoms with van der Waals surface area (Å²) < 4.78 is 1.77. The number of carbonyl (C=O) groups excluding carboxylic acids is 1. The zero-order valence-electron chi connectivity index (χ0n) is 13.0. The maximum Gasteiger partial charge on any atom is 0.252 e. The smallest absolute Gasteiger partial charge is 0.252 e. The highest BCUT2D eigenvalue weighted by Gasteiger charge is 2.19. The Hall–Kier alpha value is -2.96. The molecule has 0 saturated heterocycles. The van der Waals surface area contributed by atoms with E-state index >= 15 is 0 Å². The normalized spacial score (nSPS) is 12.1. The summed E-state index contributed by atoms with van der Waals surface area (Å²) in [6.45, 7) is 4.58. The highest BCUT2D eigenvalue weighted by molar-refractivity contribution is 6.00. The Balaban J connectivity index is 1.84. The molecule has 0 aliphatic heterocycles. The fourth-order valence-electron chi connectivity index (χ4n) is 2.49. The first-order valence-corrected chi connectivity index (χ1v) is 7.48. The molecule has 2 heterocycles. The van der Waals surface area contributed by atoms with Crippen LogP contribution in [0.5, 0.6) is 0 Å². The summed E-state index contributed by atoms with van der Waals surface area (Å²) in [4.78, 5) is 24.1. The molecule has 3 rings (SSSR count). The molecule has 2 N–H and O–H groups in total. The molecule has 118 valence electrons. The van der Waals surface area contributed by atoms with Crippen LogP contribution >= 0.6 is 0 Å². The standard InChI is InChI=1S/C16H18N6O/c1-3-22-15(19-10-20-22)11(2)21-16(23)13-7-5-4-6-12(13)14-17-8-9-18-14/h4-11H,3H2,1-2H3,(H,17,18)(H,21,23)/t11-/m0/s1. The topological polar surface area (TPSA) is 88.5 Å². The van der Waals surface area contributed by atoms with Crippen molar-refractivity contribution in [1.29, 1.82) is 0 Å². The van der Waals surface area contributed by atoms with Crippen LogP contribution in [0.3, 0.4) is 0 Å². The van der Waals surface area contributed by atoms with Crippen molar-refractivity contribution in [3.05, 3.63) is 54.4 Å². The lowest BCUT2D eigenvalue weighted by Crippen LogP contribution is -2.29. The van der Waals surface area contributed by atoms with Gasteiger partial charge in [-0.3, -0.25) is 4.79 Å². The average molecular weight is 310 g/mol. The quantitative estimate of drug-likeness (QED) is 0.756. The number of amides is 1. The van der Waals surface area contributed by atoms with E-state index in [1.165, 1.54) is 6.33 Å². The Morgan fingerprint density at radius 2 is 2.17 bits per heavy atom. The van der Waals surface area contributed by atoms with Gasteiger partial charge in [0.2, 0.25) is 0 Å². The lowest BCUT2D eigenvalue weighted by atomic mass is 10.1. The highest BCUT2D eigenvalue weighted by atomic mass is 16.1. The Kier molecular flexibility index (Phi) is 4.18. The number of aromatic amines is 1. The van der Waals surface area contributed by atoms with E-state index < -0.39 is 0 Å². The fourth-order valence-corrected chi connectivity index (χ4v) is 2.49. The van der Waals surface area contributed by atoms with E-state index in [9.17, 15) is 4.79 Å². The van der Waals surface area contributed by atoms with Crippen LogP contribution in [0.25, 0.3) is 11.4 Å². The molecule has 0 fully saturated rings. The van der Waals surface area contributed by atoms with Crippen LogP contribution < -0.4 is 5.32 Å². The molecule has 3 aromatic rings. The number of H-pyrrole nitrogens is 1. The molecule has 1 aromatic carbocycles. The number of nitrogens with one attached hydrogen (secondary N) is 2. The zero-order chi connectivity index (χ0) is 16.2. The van der Waals surface area contributed by atoms with E-state index in [0.29, 0.717) is 17.9 Å². The SMILES string of the molecule is CCn1ncnc1[C@H](C)NC(=O)c1ccccc1-c1ncc[nH]1. The van der Waals surface area contributed by atoms with E-state index in [4.69, 9.17) is 0 Å². The second-order valence-electron chi connectivity index (χ2n) is 5.11. The minimum atomic E-state index is -0.241. The lowest BCUT2D eigenvalue weighted by molar-refractivity contribution is 0.0938. The third kappa shape index (κ3) is 2.98. The van der Waals surface area contributed by atoms with E-state index in [-0.39, 0.29) is 11.9 Å². The van der Waals surface area contributed by atoms with Crippen molar-refractivity contribution in [1.82, 2.24) is 30.0 Å². The number of rotatable bonds is 5. The van der Waals surface area contributed by atoms with Crippen LogP contribution in [0, 0.1) is 0 Å². The van der Waals surface area contributed by atoms with E-state index in [1.807, 2.05) is 32.0 Å². The summed E-state index contributed by atoms with van der Waals surface area (Å²) in [5.74, 6) is 1.23. The molecule has 0 saturated carbocycles. The molecule has 1 amide bonds. The van der Waals surface area contributed by atoms with Gasteiger partial charge in [0.25, 0.3) is 5.91 Å². The molecule has 7 nitrogen and oxygen atoms in total. The molecule has 0 spiro atoms. The van der Waals surface area contributed by atoms with Gasteiger partial charge in [-0.05, 0) is 19.9 Å². The van der Waals surface area contributed by atoms with Crippen molar-refractivity contribution in [2.45, 2.75) is 26.4 Å². The van der Waals surface area contributed by atoms with Crippen molar-refractivity contribution in [3.8, 4) is 11.4 Å². The summed E-state index contributed by atoms with van der Waals surface area (Å²) in [6, 6.07) is 7.12. The minimum Gasteiger partial charge on any atom is -0.345 e. The van der Waals surface area contributed by atoms with Gasteiger partial charge in [0.05, 0.1) is 11.6 Å². The predicted molar refractivity (Wildman–Crippen MR) is 85.6 cm³/mol. The summed E-state index contributed by atoms with van der Waals surface area (Å²) in [7, 11) is 0. The summed E-state index contributed by atoms with van der Waals surface area (Å²) in [6.07, 6.45) is 4.89. The van der Waals surface area contributed by atoms with Crippen LogP contribution in [0.15, 0.2) is 43.0 Å². The van der Waals surface area contributed by atoms with Crippen LogP contribution in [-0.4, -0.2) is 30.6 Å². The second kappa shape index (κ2) is 6.43. The summed E-state index contributed by atoms with van der Waals surface area (Å²) in [5.41, 5.74) is 1.33. The molecular formula is C16H18N6O. The first-order valence-electron chi connectivity index (χ1n) is 7.48. The molecule has 0 aliphatic rings. The minimum absolute atomic E-state index is 0.171. The molecule has 0 radical (unpaired) electrons. The number of aryl methyl sites for hydroxylation is 1. The summed E-state index contributed by atoms with van der Waals surface area (Å²) in [5, 5.41) is 7.10. The van der Waals surface area contributed by atoms with Gasteiger partial charge < -0.3 is 10.3 Å². The Bertz CT molecular complexity index is 793. The van der Waals surface area contributed by atoms with Crippen LogP contribution in [0.2, 0.25) is 0 Å². The Labute approximate surface area is 133 Å². The number of nitrogens with zero attached hydrogens (tertiary/aromatic N) is 4. The molecule has 7 heteroatoms. The predicted octanol–water partition coefficient (Wildman–Crippen LogP) is 2.18. The fraction of sp³-hybridized carbons (Fsp3) is 0.250. The molecule has 0 aliphatic carbocycles. The first-order chi connectivity index (χ1) is 11.2. The van der Waals surface area contributed by atoms with Crippen molar-refractivity contribution in [2.24, 2.45) is 0 Å². The van der Waals surface area contributed by atoms with Crippen molar-refractivity contribution in [2.75, 3.05) is 0 Å². The zero-order valence-corrected chi connectivity index (χ0v) is 13.0. The van der Waals surface area contributed by atoms with Gasteiger partial charge in [0, 0.05) is 24.5 Å². The number of hydrogen-bond acceptors (Lipinski definition) is 4. The Morgan fingerprint density at radius 3 is 2.91 bits per heavy atom. The van der Waals surface area contributed by atoms with Gasteiger partial charge in [-0.15, -0.1) is 0 Å². The maximum absolute atomic E-state index is 12.7. The van der Waals surface area contributed by atoms with Crippen molar-refractivity contribution < 1.29 is 4.79 Å².